The lowest BCUT2D eigenvalue weighted by atomic mass is 9.66. The minimum absolute atomic E-state index is 0.122. The minimum atomic E-state index is -3.57. The lowest BCUT2D eigenvalue weighted by molar-refractivity contribution is -0.135. The fraction of sp³-hybridized carbons (Fsp3) is 0.286. The Bertz CT molecular complexity index is 968. The van der Waals surface area contributed by atoms with Gasteiger partial charge in [0.05, 0.1) is 20.9 Å². The average molecular weight is 382 g/mol. The van der Waals surface area contributed by atoms with Gasteiger partial charge in [-0.25, -0.2) is 8.42 Å². The normalized spacial score (nSPS) is 15.3. The quantitative estimate of drug-likeness (QED) is 0.593. The first-order valence-electron chi connectivity index (χ1n) is 8.79. The van der Waals surface area contributed by atoms with E-state index in [1.54, 1.807) is 36.4 Å². The molecule has 5 nitrogen and oxygen atoms in total. The van der Waals surface area contributed by atoms with Crippen molar-refractivity contribution in [3.05, 3.63) is 54.1 Å². The first-order valence-corrected chi connectivity index (χ1v) is 10.3. The third-order valence-electron chi connectivity index (χ3n) is 5.05. The molecule has 0 saturated heterocycles. The molecule has 1 aliphatic carbocycles. The van der Waals surface area contributed by atoms with Gasteiger partial charge in [0, 0.05) is 6.42 Å². The molecular formula is C21H22N2O3S. The molecule has 6 heteroatoms. The van der Waals surface area contributed by atoms with Crippen LogP contribution in [-0.2, 0) is 14.6 Å². The molecule has 0 radical (unpaired) electrons. The Hall–Kier alpha value is -2.78. The topological polar surface area (TPSA) is 75.3 Å². The van der Waals surface area contributed by atoms with Gasteiger partial charge >= 0.3 is 0 Å². The molecule has 1 saturated carbocycles. The number of anilines is 1. The predicted octanol–water partition coefficient (Wildman–Crippen LogP) is 3.46. The van der Waals surface area contributed by atoms with Crippen LogP contribution in [0.1, 0.15) is 31.2 Å². The maximum atomic E-state index is 12.7. The van der Waals surface area contributed by atoms with Crippen LogP contribution in [0.15, 0.2) is 58.3 Å². The Labute approximate surface area is 160 Å². The summed E-state index contributed by atoms with van der Waals surface area (Å²) < 4.78 is 25.3. The van der Waals surface area contributed by atoms with Crippen molar-refractivity contribution in [1.82, 2.24) is 5.43 Å². The molecule has 1 amide bonds. The monoisotopic (exact) mass is 382 g/mol. The van der Waals surface area contributed by atoms with Crippen LogP contribution in [0.2, 0.25) is 0 Å². The summed E-state index contributed by atoms with van der Waals surface area (Å²) >= 11 is 0. The van der Waals surface area contributed by atoms with Crippen molar-refractivity contribution < 1.29 is 13.2 Å². The maximum absolute atomic E-state index is 12.7. The van der Waals surface area contributed by atoms with E-state index in [1.807, 2.05) is 6.92 Å². The van der Waals surface area contributed by atoms with Gasteiger partial charge in [-0.3, -0.25) is 15.6 Å². The van der Waals surface area contributed by atoms with Crippen LogP contribution in [-0.4, -0.2) is 14.3 Å². The van der Waals surface area contributed by atoms with Crippen LogP contribution < -0.4 is 10.9 Å². The Morgan fingerprint density at radius 3 is 2.11 bits per heavy atom. The molecule has 0 aliphatic heterocycles. The van der Waals surface area contributed by atoms with E-state index < -0.39 is 15.3 Å². The summed E-state index contributed by atoms with van der Waals surface area (Å²) in [4.78, 5) is 12.8. The van der Waals surface area contributed by atoms with E-state index in [-0.39, 0.29) is 15.7 Å². The van der Waals surface area contributed by atoms with Crippen LogP contribution in [0.5, 0.6) is 0 Å². The fourth-order valence-corrected chi connectivity index (χ4v) is 4.38. The van der Waals surface area contributed by atoms with E-state index in [0.717, 1.165) is 24.8 Å². The van der Waals surface area contributed by atoms with Crippen molar-refractivity contribution in [2.45, 2.75) is 42.4 Å². The molecule has 0 spiro atoms. The number of hydrogen-bond donors (Lipinski definition) is 2. The van der Waals surface area contributed by atoms with Crippen molar-refractivity contribution in [3.8, 4) is 12.3 Å². The lowest BCUT2D eigenvalue weighted by Crippen LogP contribution is -2.47. The fourth-order valence-electron chi connectivity index (χ4n) is 3.12. The van der Waals surface area contributed by atoms with Gasteiger partial charge in [0.25, 0.3) is 0 Å². The molecule has 0 bridgehead atoms. The van der Waals surface area contributed by atoms with E-state index >= 15 is 0 Å². The van der Waals surface area contributed by atoms with Crippen LogP contribution in [0, 0.1) is 24.7 Å². The van der Waals surface area contributed by atoms with Crippen LogP contribution >= 0.6 is 0 Å². The zero-order valence-corrected chi connectivity index (χ0v) is 16.0. The van der Waals surface area contributed by atoms with Gasteiger partial charge in [-0.2, -0.15) is 0 Å². The van der Waals surface area contributed by atoms with E-state index in [4.69, 9.17) is 6.42 Å². The lowest BCUT2D eigenvalue weighted by Gasteiger charge is -2.38. The van der Waals surface area contributed by atoms with Crippen LogP contribution in [0.25, 0.3) is 0 Å². The van der Waals surface area contributed by atoms with Gasteiger partial charge in [0.1, 0.15) is 0 Å². The van der Waals surface area contributed by atoms with E-state index in [0.29, 0.717) is 12.1 Å². The Morgan fingerprint density at radius 1 is 1.07 bits per heavy atom. The van der Waals surface area contributed by atoms with Crippen LogP contribution in [0.4, 0.5) is 5.69 Å². The number of rotatable bonds is 6. The van der Waals surface area contributed by atoms with Gasteiger partial charge in [-0.05, 0) is 56.2 Å². The number of carbonyl (C=O) groups is 1. The number of hydrogen-bond acceptors (Lipinski definition) is 4. The smallest absolute Gasteiger partial charge is 0.245 e. The van der Waals surface area contributed by atoms with Gasteiger partial charge in [-0.15, -0.1) is 12.3 Å². The van der Waals surface area contributed by atoms with E-state index in [2.05, 4.69) is 16.8 Å². The van der Waals surface area contributed by atoms with Gasteiger partial charge in [0.15, 0.2) is 0 Å². The first kappa shape index (κ1) is 19.0. The van der Waals surface area contributed by atoms with Crippen molar-refractivity contribution in [2.75, 3.05) is 5.43 Å². The number of nitrogens with one attached hydrogen (secondary N) is 2. The second-order valence-electron chi connectivity index (χ2n) is 6.93. The van der Waals surface area contributed by atoms with Crippen molar-refractivity contribution in [3.63, 3.8) is 0 Å². The molecule has 27 heavy (non-hydrogen) atoms. The third kappa shape index (κ3) is 3.83. The van der Waals surface area contributed by atoms with Gasteiger partial charge < -0.3 is 0 Å². The number of terminal acetylenes is 1. The summed E-state index contributed by atoms with van der Waals surface area (Å²) in [5.74, 6) is 2.46. The largest absolute Gasteiger partial charge is 0.299 e. The highest BCUT2D eigenvalue weighted by atomic mass is 32.2. The number of sulfone groups is 1. The molecule has 0 aromatic heterocycles. The zero-order valence-electron chi connectivity index (χ0n) is 15.2. The SMILES string of the molecule is C#CCC1(C(=O)NNc2ccc(S(=O)(=O)c3ccc(C)cc3)cc2)CCC1. The first-order chi connectivity index (χ1) is 12.9. The third-order valence-corrected chi connectivity index (χ3v) is 6.83. The Kier molecular flexibility index (Phi) is 5.24. The summed E-state index contributed by atoms with van der Waals surface area (Å²) in [6.45, 7) is 1.91. The maximum Gasteiger partial charge on any atom is 0.245 e. The second-order valence-corrected chi connectivity index (χ2v) is 8.88. The average Bonchev–Trinajstić information content (AvgIpc) is 2.63. The van der Waals surface area contributed by atoms with E-state index in [9.17, 15) is 13.2 Å². The molecule has 0 atom stereocenters. The number of amides is 1. The summed E-state index contributed by atoms with van der Waals surface area (Å²) in [7, 11) is -3.57. The minimum Gasteiger partial charge on any atom is -0.299 e. The molecule has 3 rings (SSSR count). The molecule has 1 aliphatic rings. The van der Waals surface area contributed by atoms with Crippen molar-refractivity contribution in [1.29, 1.82) is 0 Å². The summed E-state index contributed by atoms with van der Waals surface area (Å²) in [6.07, 6.45) is 8.38. The number of aryl methyl sites for hydroxylation is 1. The van der Waals surface area contributed by atoms with Crippen molar-refractivity contribution >= 4 is 21.4 Å². The highest BCUT2D eigenvalue weighted by molar-refractivity contribution is 7.91. The second kappa shape index (κ2) is 7.45. The molecule has 0 unspecified atom stereocenters. The number of hydrazine groups is 1. The summed E-state index contributed by atoms with van der Waals surface area (Å²) in [5.41, 5.74) is 6.65. The standard InChI is InChI=1S/C21H22N2O3S/c1-3-13-21(14-4-15-21)20(24)23-22-17-7-11-19(12-8-17)27(25,26)18-9-5-16(2)6-10-18/h1,5-12,22H,4,13-15H2,2H3,(H,23,24). The molecule has 140 valence electrons. The highest BCUT2D eigenvalue weighted by Crippen LogP contribution is 2.43. The zero-order chi connectivity index (χ0) is 19.5. The van der Waals surface area contributed by atoms with Crippen LogP contribution in [0.3, 0.4) is 0 Å². The summed E-state index contributed by atoms with van der Waals surface area (Å²) in [6, 6.07) is 13.0. The highest BCUT2D eigenvalue weighted by Gasteiger charge is 2.43. The van der Waals surface area contributed by atoms with Crippen molar-refractivity contribution in [2.24, 2.45) is 5.41 Å². The van der Waals surface area contributed by atoms with E-state index in [1.165, 1.54) is 12.1 Å². The Morgan fingerprint density at radius 2 is 1.63 bits per heavy atom. The number of carbonyl (C=O) groups excluding carboxylic acids is 1. The molecular weight excluding hydrogens is 360 g/mol. The number of benzene rings is 2. The summed E-state index contributed by atoms with van der Waals surface area (Å²) in [5, 5.41) is 0. The molecule has 2 N–H and O–H groups in total. The molecule has 1 fully saturated rings. The predicted molar refractivity (Wildman–Crippen MR) is 105 cm³/mol. The Balaban J connectivity index is 1.68. The molecule has 2 aromatic carbocycles. The molecule has 0 heterocycles. The van der Waals surface area contributed by atoms with Gasteiger partial charge in [0.2, 0.25) is 15.7 Å². The molecule has 2 aromatic rings. The van der Waals surface area contributed by atoms with Gasteiger partial charge in [-0.1, -0.05) is 24.1 Å².